The summed E-state index contributed by atoms with van der Waals surface area (Å²) in [4.78, 5) is 24.6. The number of esters is 1. The SMILES string of the molecule is Cc1c(C(=O)OC(C)C)sc(NC(=O)C=Cc2ccc(Br)cc2)c1C#N. The van der Waals surface area contributed by atoms with Crippen LogP contribution >= 0.6 is 27.3 Å². The summed E-state index contributed by atoms with van der Waals surface area (Å²) >= 11 is 4.39. The van der Waals surface area contributed by atoms with Gasteiger partial charge in [-0.05, 0) is 50.1 Å². The average Bonchev–Trinajstić information content (AvgIpc) is 2.89. The highest BCUT2D eigenvalue weighted by molar-refractivity contribution is 9.10. The Morgan fingerprint density at radius 3 is 2.54 bits per heavy atom. The van der Waals surface area contributed by atoms with Gasteiger partial charge in [-0.25, -0.2) is 4.79 Å². The maximum absolute atomic E-state index is 12.2. The van der Waals surface area contributed by atoms with Crippen molar-refractivity contribution in [1.29, 1.82) is 5.26 Å². The molecule has 0 bridgehead atoms. The molecule has 0 aliphatic rings. The number of amides is 1. The zero-order chi connectivity index (χ0) is 19.3. The van der Waals surface area contributed by atoms with E-state index in [9.17, 15) is 14.9 Å². The molecule has 1 aromatic carbocycles. The summed E-state index contributed by atoms with van der Waals surface area (Å²) < 4.78 is 6.13. The molecule has 0 aliphatic heterocycles. The van der Waals surface area contributed by atoms with Gasteiger partial charge in [0.1, 0.15) is 15.9 Å². The van der Waals surface area contributed by atoms with E-state index in [1.54, 1.807) is 26.8 Å². The van der Waals surface area contributed by atoms with Crippen molar-refractivity contribution in [3.8, 4) is 6.07 Å². The van der Waals surface area contributed by atoms with Gasteiger partial charge in [-0.15, -0.1) is 11.3 Å². The smallest absolute Gasteiger partial charge is 0.348 e. The molecule has 1 N–H and O–H groups in total. The first kappa shape index (κ1) is 19.9. The van der Waals surface area contributed by atoms with E-state index in [1.807, 2.05) is 30.3 Å². The van der Waals surface area contributed by atoms with Gasteiger partial charge < -0.3 is 10.1 Å². The molecule has 0 unspecified atom stereocenters. The Morgan fingerprint density at radius 2 is 1.96 bits per heavy atom. The molecular weight excluding hydrogens is 416 g/mol. The first-order valence-corrected chi connectivity index (χ1v) is 9.42. The van der Waals surface area contributed by atoms with Gasteiger partial charge in [0.15, 0.2) is 0 Å². The van der Waals surface area contributed by atoms with Crippen LogP contribution < -0.4 is 5.32 Å². The van der Waals surface area contributed by atoms with Crippen molar-refractivity contribution in [2.75, 3.05) is 5.32 Å². The van der Waals surface area contributed by atoms with Gasteiger partial charge in [0.25, 0.3) is 0 Å². The van der Waals surface area contributed by atoms with Crippen molar-refractivity contribution in [2.45, 2.75) is 26.9 Å². The summed E-state index contributed by atoms with van der Waals surface area (Å²) in [5, 5.41) is 12.4. The summed E-state index contributed by atoms with van der Waals surface area (Å²) in [6, 6.07) is 9.52. The normalized spacial score (nSPS) is 10.8. The maximum atomic E-state index is 12.2. The lowest BCUT2D eigenvalue weighted by Crippen LogP contribution is -2.11. The first-order chi connectivity index (χ1) is 12.3. The lowest BCUT2D eigenvalue weighted by atomic mass is 10.1. The fraction of sp³-hybridized carbons (Fsp3) is 0.211. The minimum atomic E-state index is -0.495. The van der Waals surface area contributed by atoms with E-state index in [4.69, 9.17) is 4.74 Å². The number of carbonyl (C=O) groups excluding carboxylic acids is 2. The van der Waals surface area contributed by atoms with Crippen LogP contribution in [0.2, 0.25) is 0 Å². The number of thiophene rings is 1. The molecule has 0 saturated heterocycles. The molecular formula is C19H17BrN2O3S. The van der Waals surface area contributed by atoms with E-state index < -0.39 is 5.97 Å². The third-order valence-electron chi connectivity index (χ3n) is 3.32. The quantitative estimate of drug-likeness (QED) is 0.537. The largest absolute Gasteiger partial charge is 0.459 e. The van der Waals surface area contributed by atoms with Crippen LogP contribution in [0.25, 0.3) is 6.08 Å². The number of carbonyl (C=O) groups is 2. The number of ether oxygens (including phenoxy) is 1. The lowest BCUT2D eigenvalue weighted by molar-refractivity contribution is -0.111. The number of nitrogens with one attached hydrogen (secondary N) is 1. The highest BCUT2D eigenvalue weighted by Gasteiger charge is 2.22. The fourth-order valence-electron chi connectivity index (χ4n) is 2.10. The van der Waals surface area contributed by atoms with Crippen molar-refractivity contribution in [1.82, 2.24) is 0 Å². The molecule has 0 spiro atoms. The lowest BCUT2D eigenvalue weighted by Gasteiger charge is -2.06. The van der Waals surface area contributed by atoms with E-state index in [0.29, 0.717) is 15.4 Å². The second kappa shape index (κ2) is 8.79. The zero-order valence-corrected chi connectivity index (χ0v) is 16.9. The molecule has 0 saturated carbocycles. The maximum Gasteiger partial charge on any atom is 0.348 e. The Morgan fingerprint density at radius 1 is 1.31 bits per heavy atom. The van der Waals surface area contributed by atoms with Crippen molar-refractivity contribution >= 4 is 50.2 Å². The molecule has 1 aromatic heterocycles. The van der Waals surface area contributed by atoms with Crippen LogP contribution in [0, 0.1) is 18.3 Å². The summed E-state index contributed by atoms with van der Waals surface area (Å²) in [6.45, 7) is 5.17. The number of benzene rings is 1. The standard InChI is InChI=1S/C19H17BrN2O3S/c1-11(2)25-19(24)17-12(3)15(10-21)18(26-17)22-16(23)9-6-13-4-7-14(20)8-5-13/h4-9,11H,1-3H3,(H,22,23). The third-order valence-corrected chi connectivity index (χ3v) is 5.04. The second-order valence-corrected chi connectivity index (χ2v) is 7.64. The van der Waals surface area contributed by atoms with Crippen molar-refractivity contribution in [3.05, 3.63) is 56.4 Å². The van der Waals surface area contributed by atoms with E-state index in [0.717, 1.165) is 21.4 Å². The number of nitriles is 1. The number of halogens is 1. The molecule has 0 radical (unpaired) electrons. The molecule has 2 rings (SSSR count). The molecule has 1 heterocycles. The van der Waals surface area contributed by atoms with Gasteiger partial charge in [-0.1, -0.05) is 28.1 Å². The van der Waals surface area contributed by atoms with Crippen LogP contribution in [-0.4, -0.2) is 18.0 Å². The monoisotopic (exact) mass is 432 g/mol. The van der Waals surface area contributed by atoms with Gasteiger partial charge in [-0.2, -0.15) is 5.26 Å². The highest BCUT2D eigenvalue weighted by atomic mass is 79.9. The average molecular weight is 433 g/mol. The van der Waals surface area contributed by atoms with E-state index >= 15 is 0 Å². The Hall–Kier alpha value is -2.43. The number of nitrogens with zero attached hydrogens (tertiary/aromatic N) is 1. The molecule has 0 aliphatic carbocycles. The van der Waals surface area contributed by atoms with Crippen LogP contribution in [-0.2, 0) is 9.53 Å². The van der Waals surface area contributed by atoms with Crippen LogP contribution in [0.3, 0.4) is 0 Å². The first-order valence-electron chi connectivity index (χ1n) is 7.81. The molecule has 26 heavy (non-hydrogen) atoms. The van der Waals surface area contributed by atoms with Crippen molar-refractivity contribution < 1.29 is 14.3 Å². The summed E-state index contributed by atoms with van der Waals surface area (Å²) in [5.74, 6) is -0.876. The van der Waals surface area contributed by atoms with Crippen LogP contribution in [0.5, 0.6) is 0 Å². The predicted molar refractivity (Wildman–Crippen MR) is 106 cm³/mol. The Balaban J connectivity index is 2.18. The number of rotatable bonds is 5. The van der Waals surface area contributed by atoms with Crippen LogP contribution in [0.15, 0.2) is 34.8 Å². The molecule has 1 amide bonds. The Kier molecular flexibility index (Phi) is 6.72. The number of hydrogen-bond donors (Lipinski definition) is 1. The zero-order valence-electron chi connectivity index (χ0n) is 14.5. The molecule has 7 heteroatoms. The third kappa shape index (κ3) is 5.04. The summed E-state index contributed by atoms with van der Waals surface area (Å²) in [6.07, 6.45) is 2.79. The van der Waals surface area contributed by atoms with Gasteiger partial charge in [0.2, 0.25) is 5.91 Å². The molecule has 5 nitrogen and oxygen atoms in total. The van der Waals surface area contributed by atoms with E-state index in [-0.39, 0.29) is 17.6 Å². The van der Waals surface area contributed by atoms with Crippen LogP contribution in [0.4, 0.5) is 5.00 Å². The van der Waals surface area contributed by atoms with E-state index in [2.05, 4.69) is 21.2 Å². The topological polar surface area (TPSA) is 79.2 Å². The van der Waals surface area contributed by atoms with Gasteiger partial charge in [-0.3, -0.25) is 4.79 Å². The Labute approximate surface area is 164 Å². The molecule has 0 atom stereocenters. The Bertz CT molecular complexity index is 893. The van der Waals surface area contributed by atoms with Gasteiger partial charge in [0.05, 0.1) is 11.7 Å². The molecule has 2 aromatic rings. The number of hydrogen-bond acceptors (Lipinski definition) is 5. The highest BCUT2D eigenvalue weighted by Crippen LogP contribution is 2.33. The second-order valence-electron chi connectivity index (χ2n) is 5.70. The summed E-state index contributed by atoms with van der Waals surface area (Å²) in [7, 11) is 0. The van der Waals surface area contributed by atoms with Crippen molar-refractivity contribution in [3.63, 3.8) is 0 Å². The molecule has 0 fully saturated rings. The number of anilines is 1. The van der Waals surface area contributed by atoms with Gasteiger partial charge >= 0.3 is 5.97 Å². The van der Waals surface area contributed by atoms with Crippen molar-refractivity contribution in [2.24, 2.45) is 0 Å². The van der Waals surface area contributed by atoms with E-state index in [1.165, 1.54) is 6.08 Å². The fourth-order valence-corrected chi connectivity index (χ4v) is 3.41. The van der Waals surface area contributed by atoms with Gasteiger partial charge in [0, 0.05) is 10.5 Å². The van der Waals surface area contributed by atoms with Crippen LogP contribution in [0.1, 0.15) is 40.2 Å². The predicted octanol–water partition coefficient (Wildman–Crippen LogP) is 4.91. The minimum absolute atomic E-state index is 0.263. The molecule has 134 valence electrons. The summed E-state index contributed by atoms with van der Waals surface area (Å²) in [5.41, 5.74) is 1.65. The minimum Gasteiger partial charge on any atom is -0.459 e.